The minimum absolute atomic E-state index is 0.160. The lowest BCUT2D eigenvalue weighted by molar-refractivity contribution is -0.181. The molecule has 186 valence electrons. The number of hydrogen-bond acceptors (Lipinski definition) is 6. The first-order valence-electron chi connectivity index (χ1n) is 12.8. The lowest BCUT2D eigenvalue weighted by Gasteiger charge is -2.62. The third-order valence-corrected chi connectivity index (χ3v) is 11.2. The number of nitrogens with one attached hydrogen (secondary N) is 1. The van der Waals surface area contributed by atoms with Crippen molar-refractivity contribution in [1.29, 1.82) is 0 Å². The number of Topliss-reactive ketones (excluding diaryl/α,β-unsaturated/α-hetero) is 1. The van der Waals surface area contributed by atoms with Crippen molar-refractivity contribution in [2.24, 2.45) is 34.5 Å². The van der Waals surface area contributed by atoms with Crippen LogP contribution in [0.2, 0.25) is 0 Å². The summed E-state index contributed by atoms with van der Waals surface area (Å²) >= 11 is 2.30. The minimum Gasteiger partial charge on any atom is -0.394 e. The first-order valence-corrected chi connectivity index (χ1v) is 13.9. The number of aliphatic hydroxyl groups is 2. The van der Waals surface area contributed by atoms with Crippen LogP contribution in [0.3, 0.4) is 0 Å². The van der Waals surface area contributed by atoms with Gasteiger partial charge in [-0.05, 0) is 89.6 Å². The van der Waals surface area contributed by atoms with Crippen LogP contribution in [0.5, 0.6) is 0 Å². The molecule has 3 N–H and O–H groups in total. The summed E-state index contributed by atoms with van der Waals surface area (Å²) in [5.41, 5.74) is -0.0316. The van der Waals surface area contributed by atoms with Crippen molar-refractivity contribution in [3.63, 3.8) is 0 Å². The number of hydroxylamine groups is 2. The SMILES string of the molecule is C[C@@H]1[C@@H](NC2C(=O)C2[C@H]2N(Cc3cccc(I)c3)O[C@@H](CO)[C@]23CC3(C)O)C[C@H]2C[C@@H]1C2(C)C. The summed E-state index contributed by atoms with van der Waals surface area (Å²) in [5, 5.41) is 27.0. The Morgan fingerprint density at radius 1 is 1.26 bits per heavy atom. The molecule has 2 bridgehead atoms. The maximum absolute atomic E-state index is 13.3. The van der Waals surface area contributed by atoms with Crippen LogP contribution in [0.4, 0.5) is 0 Å². The maximum atomic E-state index is 13.3. The normalized spacial score (nSPS) is 48.7. The molecule has 0 aromatic heterocycles. The Hall–Kier alpha value is -0.580. The zero-order chi connectivity index (χ0) is 24.2. The van der Waals surface area contributed by atoms with E-state index in [1.54, 1.807) is 0 Å². The van der Waals surface area contributed by atoms with Gasteiger partial charge in [-0.25, -0.2) is 0 Å². The molecule has 34 heavy (non-hydrogen) atoms. The number of fused-ring (bicyclic) bond motifs is 2. The number of ketones is 1. The van der Waals surface area contributed by atoms with Gasteiger partial charge in [-0.15, -0.1) is 0 Å². The van der Waals surface area contributed by atoms with Crippen molar-refractivity contribution in [1.82, 2.24) is 10.4 Å². The summed E-state index contributed by atoms with van der Waals surface area (Å²) in [4.78, 5) is 19.6. The van der Waals surface area contributed by atoms with E-state index in [2.05, 4.69) is 66.9 Å². The summed E-state index contributed by atoms with van der Waals surface area (Å²) in [6, 6.07) is 8.20. The third kappa shape index (κ3) is 3.26. The summed E-state index contributed by atoms with van der Waals surface area (Å²) in [6.45, 7) is 9.34. The molecule has 1 spiro atoms. The molecule has 7 rings (SSSR count). The average molecular weight is 581 g/mol. The maximum Gasteiger partial charge on any atom is 0.157 e. The molecule has 7 heteroatoms. The summed E-state index contributed by atoms with van der Waals surface area (Å²) in [5.74, 6) is 2.02. The van der Waals surface area contributed by atoms with E-state index in [1.165, 1.54) is 6.42 Å². The molecule has 10 atom stereocenters. The Balaban J connectivity index is 1.24. The highest BCUT2D eigenvalue weighted by atomic mass is 127. The van der Waals surface area contributed by atoms with Crippen LogP contribution in [-0.2, 0) is 16.2 Å². The second-order valence-corrected chi connectivity index (χ2v) is 13.8. The van der Waals surface area contributed by atoms with Gasteiger partial charge in [0.15, 0.2) is 5.78 Å². The smallest absolute Gasteiger partial charge is 0.157 e. The molecule has 5 aliphatic carbocycles. The Morgan fingerprint density at radius 3 is 2.59 bits per heavy atom. The fourth-order valence-electron chi connectivity index (χ4n) is 8.21. The molecule has 1 saturated heterocycles. The average Bonchev–Trinajstić information content (AvgIpc) is 3.53. The Kier molecular flexibility index (Phi) is 5.40. The van der Waals surface area contributed by atoms with Gasteiger partial charge in [0, 0.05) is 16.2 Å². The number of rotatable bonds is 6. The fraction of sp³-hybridized carbons (Fsp3) is 0.741. The van der Waals surface area contributed by atoms with Crippen molar-refractivity contribution in [2.75, 3.05) is 6.61 Å². The molecule has 5 saturated carbocycles. The molecule has 1 aliphatic heterocycles. The number of benzene rings is 1. The zero-order valence-electron chi connectivity index (χ0n) is 20.5. The fourth-order valence-corrected chi connectivity index (χ4v) is 8.82. The molecule has 0 radical (unpaired) electrons. The second kappa shape index (κ2) is 7.71. The molecular formula is C27H37IN2O4. The van der Waals surface area contributed by atoms with Gasteiger partial charge in [-0.2, -0.15) is 5.06 Å². The topological polar surface area (TPSA) is 82.0 Å². The Labute approximate surface area is 215 Å². The van der Waals surface area contributed by atoms with E-state index in [4.69, 9.17) is 4.84 Å². The predicted molar refractivity (Wildman–Crippen MR) is 136 cm³/mol. The second-order valence-electron chi connectivity index (χ2n) is 12.6. The zero-order valence-corrected chi connectivity index (χ0v) is 22.7. The van der Waals surface area contributed by atoms with Gasteiger partial charge in [0.1, 0.15) is 6.10 Å². The number of aliphatic hydroxyl groups excluding tert-OH is 1. The lowest BCUT2D eigenvalue weighted by Crippen LogP contribution is -2.60. The van der Waals surface area contributed by atoms with Crippen molar-refractivity contribution < 1.29 is 19.8 Å². The minimum atomic E-state index is -0.942. The van der Waals surface area contributed by atoms with E-state index in [9.17, 15) is 15.0 Å². The standard InChI is InChI=1S/C27H37IN2O4/c1-14-18-9-16(25(18,2)3)10-19(14)29-22-21(23(22)32)24-27(13-26(27,4)33)20(12-31)34-30(24)11-15-6-5-7-17(28)8-15/h5-8,14,16,18-22,24,29,31,33H,9-13H2,1-4H3/t14-,16+,18-,19-,20-,21?,22?,24+,26?,27+/m0/s1. The summed E-state index contributed by atoms with van der Waals surface area (Å²) < 4.78 is 1.15. The molecule has 0 amide bonds. The van der Waals surface area contributed by atoms with Gasteiger partial charge < -0.3 is 15.5 Å². The molecular weight excluding hydrogens is 543 g/mol. The van der Waals surface area contributed by atoms with Gasteiger partial charge in [0.05, 0.1) is 35.6 Å². The highest BCUT2D eigenvalue weighted by molar-refractivity contribution is 14.1. The number of carbonyl (C=O) groups excluding carboxylic acids is 1. The quantitative estimate of drug-likeness (QED) is 0.449. The number of carbonyl (C=O) groups is 1. The van der Waals surface area contributed by atoms with Crippen LogP contribution < -0.4 is 5.32 Å². The van der Waals surface area contributed by atoms with E-state index in [1.807, 2.05) is 18.1 Å². The van der Waals surface area contributed by atoms with Crippen molar-refractivity contribution in [2.45, 2.75) is 83.3 Å². The predicted octanol–water partition coefficient (Wildman–Crippen LogP) is 3.14. The van der Waals surface area contributed by atoms with Gasteiger partial charge >= 0.3 is 0 Å². The molecule has 1 aromatic carbocycles. The van der Waals surface area contributed by atoms with E-state index in [0.717, 1.165) is 27.4 Å². The van der Waals surface area contributed by atoms with Crippen LogP contribution in [0.1, 0.15) is 52.5 Å². The van der Waals surface area contributed by atoms with Gasteiger partial charge in [-0.1, -0.05) is 32.9 Å². The van der Waals surface area contributed by atoms with Crippen molar-refractivity contribution in [3.8, 4) is 0 Å². The highest BCUT2D eigenvalue weighted by Gasteiger charge is 2.80. The van der Waals surface area contributed by atoms with Crippen LogP contribution in [0, 0.1) is 38.1 Å². The lowest BCUT2D eigenvalue weighted by atomic mass is 9.45. The molecule has 1 heterocycles. The number of nitrogens with zero attached hydrogens (tertiary/aromatic N) is 1. The molecule has 6 aliphatic rings. The van der Waals surface area contributed by atoms with Gasteiger partial charge in [0.2, 0.25) is 0 Å². The number of hydrogen-bond donors (Lipinski definition) is 3. The van der Waals surface area contributed by atoms with E-state index in [-0.39, 0.29) is 30.4 Å². The summed E-state index contributed by atoms with van der Waals surface area (Å²) in [6.07, 6.45) is 2.51. The van der Waals surface area contributed by atoms with Crippen LogP contribution >= 0.6 is 22.6 Å². The van der Waals surface area contributed by atoms with Gasteiger partial charge in [-0.3, -0.25) is 9.63 Å². The largest absolute Gasteiger partial charge is 0.394 e. The molecule has 6 fully saturated rings. The highest BCUT2D eigenvalue weighted by Crippen LogP contribution is 2.69. The summed E-state index contributed by atoms with van der Waals surface area (Å²) in [7, 11) is 0. The van der Waals surface area contributed by atoms with Crippen LogP contribution in [0.15, 0.2) is 24.3 Å². The van der Waals surface area contributed by atoms with Crippen molar-refractivity contribution >= 4 is 28.4 Å². The molecule has 6 nitrogen and oxygen atoms in total. The van der Waals surface area contributed by atoms with Gasteiger partial charge in [0.25, 0.3) is 0 Å². The van der Waals surface area contributed by atoms with Crippen LogP contribution in [0.25, 0.3) is 0 Å². The third-order valence-electron chi connectivity index (χ3n) is 10.6. The monoisotopic (exact) mass is 580 g/mol. The first kappa shape index (κ1) is 23.8. The van der Waals surface area contributed by atoms with E-state index in [0.29, 0.717) is 30.3 Å². The molecule has 1 aromatic rings. The molecule has 3 unspecified atom stereocenters. The van der Waals surface area contributed by atoms with Crippen molar-refractivity contribution in [3.05, 3.63) is 33.4 Å². The number of halogens is 1. The van der Waals surface area contributed by atoms with E-state index >= 15 is 0 Å². The first-order chi connectivity index (χ1) is 16.0. The Morgan fingerprint density at radius 2 is 2.00 bits per heavy atom. The van der Waals surface area contributed by atoms with Crippen LogP contribution in [-0.4, -0.2) is 57.5 Å². The van der Waals surface area contributed by atoms with E-state index < -0.39 is 17.1 Å². The Bertz CT molecular complexity index is 1010.